The van der Waals surface area contributed by atoms with E-state index in [0.717, 1.165) is 18.8 Å². The maximum atomic E-state index is 5.56. The standard InChI is InChI=1S/C17H25NO/c1-17(2)9-3-4-14(7-10-17)18-15-5-6-16-13(12-15)8-11-19-16/h5-6,12,14,18H,3-4,7-11H2,1-2H3. The third-order valence-corrected chi connectivity index (χ3v) is 4.64. The molecular weight excluding hydrogens is 234 g/mol. The normalized spacial score (nSPS) is 25.3. The first kappa shape index (κ1) is 12.8. The average molecular weight is 259 g/mol. The summed E-state index contributed by atoms with van der Waals surface area (Å²) < 4.78 is 5.56. The molecule has 2 heteroatoms. The Morgan fingerprint density at radius 1 is 1.21 bits per heavy atom. The average Bonchev–Trinajstić information content (AvgIpc) is 2.76. The molecule has 1 saturated carbocycles. The van der Waals surface area contributed by atoms with Gasteiger partial charge in [-0.25, -0.2) is 0 Å². The molecule has 1 aromatic carbocycles. The maximum Gasteiger partial charge on any atom is 0.122 e. The number of hydrogen-bond acceptors (Lipinski definition) is 2. The fraction of sp³-hybridized carbons (Fsp3) is 0.647. The van der Waals surface area contributed by atoms with E-state index in [0.29, 0.717) is 11.5 Å². The molecule has 0 spiro atoms. The topological polar surface area (TPSA) is 21.3 Å². The van der Waals surface area contributed by atoms with Gasteiger partial charge in [-0.2, -0.15) is 0 Å². The van der Waals surface area contributed by atoms with Crippen LogP contribution in [0.4, 0.5) is 5.69 Å². The zero-order chi connectivity index (χ0) is 13.3. The van der Waals surface area contributed by atoms with Crippen molar-refractivity contribution < 1.29 is 4.74 Å². The maximum absolute atomic E-state index is 5.56. The van der Waals surface area contributed by atoms with Gasteiger partial charge in [-0.1, -0.05) is 20.3 Å². The summed E-state index contributed by atoms with van der Waals surface area (Å²) in [6.07, 6.45) is 7.70. The summed E-state index contributed by atoms with van der Waals surface area (Å²) in [5.74, 6) is 1.08. The Labute approximate surface area is 116 Å². The van der Waals surface area contributed by atoms with Crippen molar-refractivity contribution in [1.82, 2.24) is 0 Å². The Hall–Kier alpha value is -1.18. The first-order valence-electron chi connectivity index (χ1n) is 7.65. The highest BCUT2D eigenvalue weighted by Gasteiger charge is 2.24. The minimum Gasteiger partial charge on any atom is -0.493 e. The first-order chi connectivity index (χ1) is 9.12. The molecule has 3 rings (SSSR count). The fourth-order valence-corrected chi connectivity index (χ4v) is 3.32. The van der Waals surface area contributed by atoms with Crippen molar-refractivity contribution in [3.8, 4) is 5.75 Å². The van der Waals surface area contributed by atoms with Gasteiger partial charge >= 0.3 is 0 Å². The van der Waals surface area contributed by atoms with Gasteiger partial charge in [-0.15, -0.1) is 0 Å². The molecule has 19 heavy (non-hydrogen) atoms. The lowest BCUT2D eigenvalue weighted by Gasteiger charge is -2.22. The van der Waals surface area contributed by atoms with E-state index in [1.165, 1.54) is 43.4 Å². The highest BCUT2D eigenvalue weighted by Crippen LogP contribution is 2.35. The largest absolute Gasteiger partial charge is 0.493 e. The second kappa shape index (κ2) is 5.07. The van der Waals surface area contributed by atoms with Crippen LogP contribution >= 0.6 is 0 Å². The third-order valence-electron chi connectivity index (χ3n) is 4.64. The second-order valence-corrected chi connectivity index (χ2v) is 6.86. The second-order valence-electron chi connectivity index (χ2n) is 6.86. The zero-order valence-corrected chi connectivity index (χ0v) is 12.2. The van der Waals surface area contributed by atoms with Gasteiger partial charge in [-0.3, -0.25) is 0 Å². The smallest absolute Gasteiger partial charge is 0.122 e. The Kier molecular flexibility index (Phi) is 3.42. The van der Waals surface area contributed by atoms with Gasteiger partial charge in [0, 0.05) is 18.2 Å². The molecule has 104 valence electrons. The van der Waals surface area contributed by atoms with Crippen LogP contribution in [-0.2, 0) is 6.42 Å². The Balaban J connectivity index is 1.65. The van der Waals surface area contributed by atoms with E-state index in [2.05, 4.69) is 37.4 Å². The summed E-state index contributed by atoms with van der Waals surface area (Å²) in [6, 6.07) is 7.20. The lowest BCUT2D eigenvalue weighted by atomic mass is 9.85. The molecule has 2 aliphatic rings. The molecule has 1 heterocycles. The molecule has 1 N–H and O–H groups in total. The lowest BCUT2D eigenvalue weighted by Crippen LogP contribution is -2.19. The summed E-state index contributed by atoms with van der Waals surface area (Å²) in [7, 11) is 0. The molecule has 0 bridgehead atoms. The van der Waals surface area contributed by atoms with Crippen LogP contribution in [0.5, 0.6) is 5.75 Å². The molecule has 0 amide bonds. The van der Waals surface area contributed by atoms with Crippen molar-refractivity contribution in [3.63, 3.8) is 0 Å². The van der Waals surface area contributed by atoms with E-state index in [1.54, 1.807) is 0 Å². The molecule has 1 aliphatic carbocycles. The highest BCUT2D eigenvalue weighted by molar-refractivity contribution is 5.52. The van der Waals surface area contributed by atoms with Gasteiger partial charge in [0.15, 0.2) is 0 Å². The number of nitrogens with one attached hydrogen (secondary N) is 1. The van der Waals surface area contributed by atoms with Crippen molar-refractivity contribution in [2.24, 2.45) is 5.41 Å². The van der Waals surface area contributed by atoms with E-state index in [-0.39, 0.29) is 0 Å². The van der Waals surface area contributed by atoms with Crippen LogP contribution in [0.15, 0.2) is 18.2 Å². The number of rotatable bonds is 2. The van der Waals surface area contributed by atoms with E-state index in [4.69, 9.17) is 4.74 Å². The van der Waals surface area contributed by atoms with Crippen LogP contribution in [0.25, 0.3) is 0 Å². The van der Waals surface area contributed by atoms with Gasteiger partial charge in [0.25, 0.3) is 0 Å². The van der Waals surface area contributed by atoms with E-state index in [9.17, 15) is 0 Å². The molecule has 2 nitrogen and oxygen atoms in total. The minimum absolute atomic E-state index is 0.530. The number of benzene rings is 1. The summed E-state index contributed by atoms with van der Waals surface area (Å²) in [5.41, 5.74) is 3.16. The van der Waals surface area contributed by atoms with E-state index < -0.39 is 0 Å². The lowest BCUT2D eigenvalue weighted by molar-refractivity contribution is 0.313. The number of ether oxygens (including phenoxy) is 1. The van der Waals surface area contributed by atoms with Crippen molar-refractivity contribution >= 4 is 5.69 Å². The summed E-state index contributed by atoms with van der Waals surface area (Å²) in [4.78, 5) is 0. The van der Waals surface area contributed by atoms with Crippen molar-refractivity contribution in [2.75, 3.05) is 11.9 Å². The van der Waals surface area contributed by atoms with Crippen molar-refractivity contribution in [3.05, 3.63) is 23.8 Å². The molecule has 1 aromatic rings. The predicted molar refractivity (Wildman–Crippen MR) is 79.9 cm³/mol. The predicted octanol–water partition coefficient (Wildman–Crippen LogP) is 4.39. The van der Waals surface area contributed by atoms with Gasteiger partial charge in [0.05, 0.1) is 6.61 Å². The summed E-state index contributed by atoms with van der Waals surface area (Å²) in [6.45, 7) is 5.65. The highest BCUT2D eigenvalue weighted by atomic mass is 16.5. The molecule has 0 aromatic heterocycles. The molecule has 1 atom stereocenters. The van der Waals surface area contributed by atoms with Crippen LogP contribution in [0.2, 0.25) is 0 Å². The van der Waals surface area contributed by atoms with Crippen molar-refractivity contribution in [1.29, 1.82) is 0 Å². The number of fused-ring (bicyclic) bond motifs is 1. The Morgan fingerprint density at radius 2 is 2.11 bits per heavy atom. The quantitative estimate of drug-likeness (QED) is 0.795. The summed E-state index contributed by atoms with van der Waals surface area (Å²) in [5, 5.41) is 3.73. The SMILES string of the molecule is CC1(C)CCCC(Nc2ccc3c(c2)CCO3)CC1. The summed E-state index contributed by atoms with van der Waals surface area (Å²) >= 11 is 0. The van der Waals surface area contributed by atoms with Gasteiger partial charge in [-0.05, 0) is 54.9 Å². The minimum atomic E-state index is 0.530. The molecular formula is C17H25NO. The van der Waals surface area contributed by atoms with Gasteiger partial charge in [0.2, 0.25) is 0 Å². The van der Waals surface area contributed by atoms with Gasteiger partial charge < -0.3 is 10.1 Å². The van der Waals surface area contributed by atoms with Gasteiger partial charge in [0.1, 0.15) is 5.75 Å². The van der Waals surface area contributed by atoms with Crippen molar-refractivity contribution in [2.45, 2.75) is 58.4 Å². The van der Waals surface area contributed by atoms with Crippen LogP contribution in [0.1, 0.15) is 51.5 Å². The van der Waals surface area contributed by atoms with E-state index >= 15 is 0 Å². The monoisotopic (exact) mass is 259 g/mol. The molecule has 0 radical (unpaired) electrons. The number of hydrogen-bond donors (Lipinski definition) is 1. The van der Waals surface area contributed by atoms with Crippen LogP contribution in [0, 0.1) is 5.41 Å². The molecule has 0 saturated heterocycles. The van der Waals surface area contributed by atoms with Crippen LogP contribution in [-0.4, -0.2) is 12.6 Å². The molecule has 1 aliphatic heterocycles. The third kappa shape index (κ3) is 3.05. The van der Waals surface area contributed by atoms with Crippen LogP contribution in [0.3, 0.4) is 0 Å². The zero-order valence-electron chi connectivity index (χ0n) is 12.2. The van der Waals surface area contributed by atoms with E-state index in [1.807, 2.05) is 0 Å². The number of anilines is 1. The van der Waals surface area contributed by atoms with Crippen LogP contribution < -0.4 is 10.1 Å². The fourth-order valence-electron chi connectivity index (χ4n) is 3.32. The Bertz CT molecular complexity index is 453. The first-order valence-corrected chi connectivity index (χ1v) is 7.65. The molecule has 1 unspecified atom stereocenters. The molecule has 1 fully saturated rings. The Morgan fingerprint density at radius 3 is 3.00 bits per heavy atom.